The van der Waals surface area contributed by atoms with Crippen molar-refractivity contribution in [3.05, 3.63) is 75.0 Å². The SMILES string of the molecule is CC(=O)c1ccc(NC(=O)[C@@H]2CC(=O)Nc3nc(Nc4cccc(Cl)c4)[nH]c(=O)c32)cc1. The summed E-state index contributed by atoms with van der Waals surface area (Å²) in [5.41, 5.74) is 1.05. The van der Waals surface area contributed by atoms with Gasteiger partial charge in [-0.1, -0.05) is 17.7 Å². The number of hydrogen-bond donors (Lipinski definition) is 4. The summed E-state index contributed by atoms with van der Waals surface area (Å²) in [5.74, 6) is -1.97. The minimum Gasteiger partial charge on any atom is -0.326 e. The lowest BCUT2D eigenvalue weighted by molar-refractivity contribution is -0.123. The second-order valence-corrected chi connectivity index (χ2v) is 7.68. The van der Waals surface area contributed by atoms with Crippen LogP contribution in [0.1, 0.15) is 35.2 Å². The number of halogens is 1. The number of hydrogen-bond acceptors (Lipinski definition) is 6. The number of Topliss-reactive ketones (excluding diaryl/α,β-unsaturated/α-hetero) is 1. The molecule has 1 atom stereocenters. The summed E-state index contributed by atoms with van der Waals surface area (Å²) in [6, 6.07) is 13.1. The summed E-state index contributed by atoms with van der Waals surface area (Å²) in [7, 11) is 0. The minimum absolute atomic E-state index is 0.0154. The van der Waals surface area contributed by atoms with Crippen LogP contribution in [0.25, 0.3) is 0 Å². The molecule has 0 bridgehead atoms. The lowest BCUT2D eigenvalue weighted by atomic mass is 9.92. The smallest absolute Gasteiger partial charge is 0.258 e. The van der Waals surface area contributed by atoms with Crippen molar-refractivity contribution in [3.8, 4) is 0 Å². The molecule has 4 rings (SSSR count). The molecule has 0 fully saturated rings. The van der Waals surface area contributed by atoms with Crippen LogP contribution < -0.4 is 21.5 Å². The first-order valence-electron chi connectivity index (χ1n) is 9.68. The fraction of sp³-hybridized carbons (Fsp3) is 0.136. The summed E-state index contributed by atoms with van der Waals surface area (Å²) in [6.07, 6.45) is -0.198. The Kier molecular flexibility index (Phi) is 5.74. The molecule has 32 heavy (non-hydrogen) atoms. The maximum atomic E-state index is 12.9. The van der Waals surface area contributed by atoms with Crippen molar-refractivity contribution in [2.75, 3.05) is 16.0 Å². The molecule has 2 heterocycles. The minimum atomic E-state index is -1.03. The van der Waals surface area contributed by atoms with E-state index in [1.54, 1.807) is 48.5 Å². The predicted molar refractivity (Wildman–Crippen MR) is 121 cm³/mol. The van der Waals surface area contributed by atoms with Crippen molar-refractivity contribution in [1.29, 1.82) is 0 Å². The zero-order chi connectivity index (χ0) is 22.8. The molecule has 3 aromatic rings. The Morgan fingerprint density at radius 1 is 1.09 bits per heavy atom. The molecule has 2 aromatic carbocycles. The van der Waals surface area contributed by atoms with Gasteiger partial charge < -0.3 is 16.0 Å². The van der Waals surface area contributed by atoms with Crippen LogP contribution in [0.15, 0.2) is 53.3 Å². The Balaban J connectivity index is 1.60. The third-order valence-electron chi connectivity index (χ3n) is 4.91. The van der Waals surface area contributed by atoms with Gasteiger partial charge >= 0.3 is 0 Å². The molecule has 1 aliphatic heterocycles. The van der Waals surface area contributed by atoms with E-state index in [-0.39, 0.29) is 29.5 Å². The number of benzene rings is 2. The molecule has 9 nitrogen and oxygen atoms in total. The highest BCUT2D eigenvalue weighted by Crippen LogP contribution is 2.30. The monoisotopic (exact) mass is 451 g/mol. The van der Waals surface area contributed by atoms with Crippen molar-refractivity contribution in [2.45, 2.75) is 19.3 Å². The number of aromatic nitrogens is 2. The van der Waals surface area contributed by atoms with Crippen LogP contribution >= 0.6 is 11.6 Å². The molecule has 2 amide bonds. The highest BCUT2D eigenvalue weighted by atomic mass is 35.5. The Bertz CT molecular complexity index is 1290. The van der Waals surface area contributed by atoms with Gasteiger partial charge in [-0.15, -0.1) is 0 Å². The second kappa shape index (κ2) is 8.64. The number of ketones is 1. The number of carbonyl (C=O) groups excluding carboxylic acids is 3. The molecular weight excluding hydrogens is 434 g/mol. The summed E-state index contributed by atoms with van der Waals surface area (Å²) in [5, 5.41) is 8.65. The first kappa shape index (κ1) is 21.3. The van der Waals surface area contributed by atoms with E-state index in [0.717, 1.165) is 0 Å². The number of aromatic amines is 1. The van der Waals surface area contributed by atoms with Gasteiger partial charge in [0, 0.05) is 28.4 Å². The van der Waals surface area contributed by atoms with Gasteiger partial charge in [0.25, 0.3) is 5.56 Å². The highest BCUT2D eigenvalue weighted by molar-refractivity contribution is 6.30. The molecule has 0 aliphatic carbocycles. The van der Waals surface area contributed by atoms with Gasteiger partial charge in [-0.05, 0) is 49.4 Å². The van der Waals surface area contributed by atoms with Crippen LogP contribution in [0.2, 0.25) is 5.02 Å². The van der Waals surface area contributed by atoms with Crippen LogP contribution in [0, 0.1) is 0 Å². The fourth-order valence-corrected chi connectivity index (χ4v) is 3.57. The molecule has 0 radical (unpaired) electrons. The quantitative estimate of drug-likeness (QED) is 0.439. The number of nitrogens with one attached hydrogen (secondary N) is 4. The third-order valence-corrected chi connectivity index (χ3v) is 5.15. The van der Waals surface area contributed by atoms with Crippen LogP contribution in [0.4, 0.5) is 23.1 Å². The molecule has 1 aliphatic rings. The predicted octanol–water partition coefficient (Wildman–Crippen LogP) is 3.43. The molecule has 10 heteroatoms. The van der Waals surface area contributed by atoms with E-state index in [1.165, 1.54) is 6.92 Å². The van der Waals surface area contributed by atoms with E-state index in [2.05, 4.69) is 25.9 Å². The average molecular weight is 452 g/mol. The molecule has 1 aromatic heterocycles. The molecule has 4 N–H and O–H groups in total. The summed E-state index contributed by atoms with van der Waals surface area (Å²) in [4.78, 5) is 56.2. The summed E-state index contributed by atoms with van der Waals surface area (Å²) >= 11 is 5.97. The van der Waals surface area contributed by atoms with Crippen molar-refractivity contribution in [3.63, 3.8) is 0 Å². The molecule has 0 unspecified atom stereocenters. The molecule has 0 saturated carbocycles. The largest absolute Gasteiger partial charge is 0.326 e. The Morgan fingerprint density at radius 2 is 1.84 bits per heavy atom. The fourth-order valence-electron chi connectivity index (χ4n) is 3.38. The average Bonchev–Trinajstić information content (AvgIpc) is 2.73. The molecule has 0 saturated heterocycles. The number of fused-ring (bicyclic) bond motifs is 1. The second-order valence-electron chi connectivity index (χ2n) is 7.24. The zero-order valence-electron chi connectivity index (χ0n) is 16.9. The van der Waals surface area contributed by atoms with Crippen LogP contribution in [0.3, 0.4) is 0 Å². The number of carbonyl (C=O) groups is 3. The maximum absolute atomic E-state index is 12.9. The Morgan fingerprint density at radius 3 is 2.53 bits per heavy atom. The maximum Gasteiger partial charge on any atom is 0.258 e. The summed E-state index contributed by atoms with van der Waals surface area (Å²) in [6.45, 7) is 1.44. The number of amides is 2. The molecule has 162 valence electrons. The van der Waals surface area contributed by atoms with Gasteiger partial charge in [0.2, 0.25) is 17.8 Å². The van der Waals surface area contributed by atoms with Gasteiger partial charge in [0.15, 0.2) is 5.78 Å². The van der Waals surface area contributed by atoms with Gasteiger partial charge in [0.05, 0.1) is 11.5 Å². The van der Waals surface area contributed by atoms with Crippen molar-refractivity contribution >= 4 is 52.3 Å². The topological polar surface area (TPSA) is 133 Å². The highest BCUT2D eigenvalue weighted by Gasteiger charge is 2.34. The van der Waals surface area contributed by atoms with Gasteiger partial charge in [0.1, 0.15) is 5.82 Å². The Labute approximate surface area is 187 Å². The lowest BCUT2D eigenvalue weighted by Gasteiger charge is -2.23. The number of anilines is 4. The van der Waals surface area contributed by atoms with Crippen molar-refractivity contribution in [1.82, 2.24) is 9.97 Å². The third kappa shape index (κ3) is 4.52. The number of H-pyrrole nitrogens is 1. The standard InChI is InChI=1S/C22H18ClN5O4/c1-11(29)12-5-7-14(8-6-12)24-20(31)16-10-17(30)26-19-18(16)21(32)28-22(27-19)25-15-4-2-3-13(23)9-15/h2-9,16H,10H2,1H3,(H,24,31)(H3,25,26,27,28,30,32)/t16-/m1/s1. The van der Waals surface area contributed by atoms with Crippen LogP contribution in [-0.4, -0.2) is 27.6 Å². The first-order chi connectivity index (χ1) is 15.3. The van der Waals surface area contributed by atoms with E-state index < -0.39 is 23.3 Å². The van der Waals surface area contributed by atoms with E-state index in [4.69, 9.17) is 11.6 Å². The molecule has 0 spiro atoms. The van der Waals surface area contributed by atoms with Crippen LogP contribution in [0.5, 0.6) is 0 Å². The van der Waals surface area contributed by atoms with E-state index >= 15 is 0 Å². The van der Waals surface area contributed by atoms with E-state index in [9.17, 15) is 19.2 Å². The Hall–Kier alpha value is -3.98. The normalized spacial score (nSPS) is 14.8. The number of rotatable bonds is 5. The van der Waals surface area contributed by atoms with Crippen molar-refractivity contribution in [2.24, 2.45) is 0 Å². The van der Waals surface area contributed by atoms with Gasteiger partial charge in [-0.3, -0.25) is 24.2 Å². The zero-order valence-corrected chi connectivity index (χ0v) is 17.6. The van der Waals surface area contributed by atoms with Gasteiger partial charge in [-0.2, -0.15) is 4.98 Å². The van der Waals surface area contributed by atoms with Crippen molar-refractivity contribution < 1.29 is 14.4 Å². The van der Waals surface area contributed by atoms with E-state index in [1.807, 2.05) is 0 Å². The van der Waals surface area contributed by atoms with Crippen LogP contribution in [-0.2, 0) is 9.59 Å². The number of nitrogens with zero attached hydrogens (tertiary/aromatic N) is 1. The first-order valence-corrected chi connectivity index (χ1v) is 10.1. The summed E-state index contributed by atoms with van der Waals surface area (Å²) < 4.78 is 0. The molecular formula is C22H18ClN5O4. The lowest BCUT2D eigenvalue weighted by Crippen LogP contribution is -2.36. The van der Waals surface area contributed by atoms with Gasteiger partial charge in [-0.25, -0.2) is 0 Å². The van der Waals surface area contributed by atoms with E-state index in [0.29, 0.717) is 22.0 Å².